The van der Waals surface area contributed by atoms with Crippen LogP contribution in [0.3, 0.4) is 0 Å². The molecule has 1 aliphatic heterocycles. The number of hydrogen-bond donors (Lipinski definition) is 3. The molecule has 7 heteroatoms. The molecule has 1 unspecified atom stereocenters. The Labute approximate surface area is 125 Å². The highest BCUT2D eigenvalue weighted by molar-refractivity contribution is 7.89. The lowest BCUT2D eigenvalue weighted by atomic mass is 10.00. The average molecular weight is 311 g/mol. The summed E-state index contributed by atoms with van der Waals surface area (Å²) in [4.78, 5) is 11.2. The van der Waals surface area contributed by atoms with E-state index in [2.05, 4.69) is 10.0 Å². The van der Waals surface area contributed by atoms with Crippen molar-refractivity contribution in [2.75, 3.05) is 11.9 Å². The monoisotopic (exact) mass is 311 g/mol. The topological polar surface area (TPSA) is 101 Å². The van der Waals surface area contributed by atoms with Crippen LogP contribution in [0.2, 0.25) is 0 Å². The van der Waals surface area contributed by atoms with Crippen LogP contribution < -0.4 is 15.8 Å². The summed E-state index contributed by atoms with van der Waals surface area (Å²) < 4.78 is 27.5. The lowest BCUT2D eigenvalue weighted by Gasteiger charge is -2.23. The largest absolute Gasteiger partial charge is 0.385 e. The van der Waals surface area contributed by atoms with E-state index in [0.29, 0.717) is 0 Å². The van der Waals surface area contributed by atoms with E-state index in [1.165, 1.54) is 0 Å². The molecule has 1 aromatic rings. The van der Waals surface area contributed by atoms with E-state index in [1.54, 1.807) is 19.1 Å². The van der Waals surface area contributed by atoms with E-state index in [-0.39, 0.29) is 11.3 Å². The normalized spacial score (nSPS) is 15.9. The molecule has 1 aliphatic rings. The molecule has 1 amide bonds. The van der Waals surface area contributed by atoms with Crippen LogP contribution in [-0.4, -0.2) is 26.9 Å². The molecule has 1 aromatic carbocycles. The number of nitrogens with two attached hydrogens (primary N) is 1. The summed E-state index contributed by atoms with van der Waals surface area (Å²) in [6.07, 6.45) is 1.60. The number of sulfonamides is 1. The number of carbonyl (C=O) groups excluding carboxylic acids is 1. The summed E-state index contributed by atoms with van der Waals surface area (Å²) in [7, 11) is -3.66. The molecule has 0 saturated carbocycles. The summed E-state index contributed by atoms with van der Waals surface area (Å²) in [5.74, 6) is -0.530. The van der Waals surface area contributed by atoms with Crippen LogP contribution in [0.15, 0.2) is 17.0 Å². The molecule has 21 heavy (non-hydrogen) atoms. The number of rotatable bonds is 5. The van der Waals surface area contributed by atoms with Crippen LogP contribution in [-0.2, 0) is 21.2 Å². The second-order valence-corrected chi connectivity index (χ2v) is 7.14. The summed E-state index contributed by atoms with van der Waals surface area (Å²) in [6.45, 7) is 4.43. The van der Waals surface area contributed by atoms with E-state index in [4.69, 9.17) is 5.73 Å². The van der Waals surface area contributed by atoms with Crippen LogP contribution in [0.1, 0.15) is 30.9 Å². The van der Waals surface area contributed by atoms with Gasteiger partial charge in [-0.25, -0.2) is 13.1 Å². The Bertz CT molecular complexity index is 656. The molecule has 4 N–H and O–H groups in total. The van der Waals surface area contributed by atoms with Crippen molar-refractivity contribution in [3.63, 3.8) is 0 Å². The van der Waals surface area contributed by atoms with Gasteiger partial charge in [0.05, 0.1) is 4.90 Å². The Morgan fingerprint density at radius 2 is 2.19 bits per heavy atom. The fourth-order valence-corrected chi connectivity index (χ4v) is 4.16. The molecule has 0 fully saturated rings. The molecule has 0 spiro atoms. The van der Waals surface area contributed by atoms with Gasteiger partial charge in [-0.15, -0.1) is 0 Å². The second kappa shape index (κ2) is 6.03. The van der Waals surface area contributed by atoms with Gasteiger partial charge in [-0.05, 0) is 43.9 Å². The highest BCUT2D eigenvalue weighted by Gasteiger charge is 2.25. The molecular weight excluding hydrogens is 290 g/mol. The predicted octanol–water partition coefficient (Wildman–Crippen LogP) is 0.895. The smallest absolute Gasteiger partial charge is 0.241 e. The van der Waals surface area contributed by atoms with Crippen molar-refractivity contribution < 1.29 is 13.2 Å². The third kappa shape index (κ3) is 3.54. The minimum Gasteiger partial charge on any atom is -0.385 e. The lowest BCUT2D eigenvalue weighted by molar-refractivity contribution is -0.118. The number of carbonyl (C=O) groups is 1. The average Bonchev–Trinajstić information content (AvgIpc) is 2.37. The van der Waals surface area contributed by atoms with Crippen LogP contribution in [0.4, 0.5) is 5.69 Å². The van der Waals surface area contributed by atoms with Gasteiger partial charge in [0, 0.05) is 24.7 Å². The highest BCUT2D eigenvalue weighted by atomic mass is 32.2. The van der Waals surface area contributed by atoms with Crippen molar-refractivity contribution in [1.82, 2.24) is 4.72 Å². The number of aryl methyl sites for hydroxylation is 1. The second-order valence-electron chi connectivity index (χ2n) is 5.46. The molecule has 1 atom stereocenters. The summed E-state index contributed by atoms with van der Waals surface area (Å²) >= 11 is 0. The minimum absolute atomic E-state index is 0.0223. The molecule has 116 valence electrons. The van der Waals surface area contributed by atoms with Crippen molar-refractivity contribution in [3.8, 4) is 0 Å². The Balaban J connectivity index is 2.34. The van der Waals surface area contributed by atoms with E-state index < -0.39 is 22.0 Å². The number of benzene rings is 1. The van der Waals surface area contributed by atoms with E-state index in [0.717, 1.165) is 36.2 Å². The van der Waals surface area contributed by atoms with Gasteiger partial charge in [-0.1, -0.05) is 6.07 Å². The Morgan fingerprint density at radius 3 is 2.86 bits per heavy atom. The maximum atomic E-state index is 12.5. The van der Waals surface area contributed by atoms with E-state index in [1.807, 2.05) is 6.92 Å². The number of primary amides is 1. The van der Waals surface area contributed by atoms with Crippen molar-refractivity contribution in [3.05, 3.63) is 23.3 Å². The van der Waals surface area contributed by atoms with Crippen molar-refractivity contribution in [1.29, 1.82) is 0 Å². The zero-order chi connectivity index (χ0) is 15.6. The number of nitrogens with one attached hydrogen (secondary N) is 2. The lowest BCUT2D eigenvalue weighted by Crippen LogP contribution is -2.36. The van der Waals surface area contributed by atoms with E-state index in [9.17, 15) is 13.2 Å². The molecule has 2 rings (SSSR count). The van der Waals surface area contributed by atoms with Gasteiger partial charge in [0.2, 0.25) is 15.9 Å². The summed E-state index contributed by atoms with van der Waals surface area (Å²) in [5.41, 5.74) is 7.86. The van der Waals surface area contributed by atoms with Gasteiger partial charge in [-0.2, -0.15) is 0 Å². The molecule has 0 bridgehead atoms. The molecule has 0 radical (unpaired) electrons. The Morgan fingerprint density at radius 1 is 1.48 bits per heavy atom. The first-order chi connectivity index (χ1) is 9.81. The number of fused-ring (bicyclic) bond motifs is 1. The first-order valence-electron chi connectivity index (χ1n) is 6.98. The van der Waals surface area contributed by atoms with Crippen molar-refractivity contribution in [2.45, 2.75) is 44.0 Å². The van der Waals surface area contributed by atoms with Gasteiger partial charge in [0.15, 0.2) is 0 Å². The number of amides is 1. The maximum Gasteiger partial charge on any atom is 0.241 e. The third-order valence-electron chi connectivity index (χ3n) is 3.54. The summed E-state index contributed by atoms with van der Waals surface area (Å²) in [5, 5.41) is 3.26. The molecule has 0 aliphatic carbocycles. The van der Waals surface area contributed by atoms with Crippen LogP contribution in [0.5, 0.6) is 0 Å². The van der Waals surface area contributed by atoms with Crippen molar-refractivity contribution in [2.24, 2.45) is 5.73 Å². The van der Waals surface area contributed by atoms with Gasteiger partial charge >= 0.3 is 0 Å². The van der Waals surface area contributed by atoms with Gasteiger partial charge in [0.25, 0.3) is 0 Å². The SMILES string of the molecule is Cc1ccc(S(=O)(=O)NC(C)CC(N)=O)c2c1NCCC2. The van der Waals surface area contributed by atoms with Crippen LogP contribution in [0, 0.1) is 6.92 Å². The fourth-order valence-electron chi connectivity index (χ4n) is 2.64. The van der Waals surface area contributed by atoms with Gasteiger partial charge in [0.1, 0.15) is 0 Å². The summed E-state index contributed by atoms with van der Waals surface area (Å²) in [6, 6.07) is 2.89. The van der Waals surface area contributed by atoms with Gasteiger partial charge in [-0.3, -0.25) is 4.79 Å². The quantitative estimate of drug-likeness (QED) is 0.752. The fraction of sp³-hybridized carbons (Fsp3) is 0.500. The zero-order valence-electron chi connectivity index (χ0n) is 12.3. The Kier molecular flexibility index (Phi) is 4.53. The van der Waals surface area contributed by atoms with Crippen LogP contribution in [0.25, 0.3) is 0 Å². The first kappa shape index (κ1) is 15.8. The third-order valence-corrected chi connectivity index (χ3v) is 5.21. The van der Waals surface area contributed by atoms with Crippen molar-refractivity contribution >= 4 is 21.6 Å². The number of anilines is 1. The molecule has 1 heterocycles. The van der Waals surface area contributed by atoms with Crippen LogP contribution >= 0.6 is 0 Å². The number of hydrogen-bond acceptors (Lipinski definition) is 4. The van der Waals surface area contributed by atoms with Gasteiger partial charge < -0.3 is 11.1 Å². The maximum absolute atomic E-state index is 12.5. The molecular formula is C14H21N3O3S. The predicted molar refractivity (Wildman–Crippen MR) is 81.6 cm³/mol. The molecule has 6 nitrogen and oxygen atoms in total. The zero-order valence-corrected chi connectivity index (χ0v) is 13.1. The highest BCUT2D eigenvalue weighted by Crippen LogP contribution is 2.31. The Hall–Kier alpha value is -1.60. The first-order valence-corrected chi connectivity index (χ1v) is 8.46. The molecule has 0 saturated heterocycles. The minimum atomic E-state index is -3.66. The van der Waals surface area contributed by atoms with E-state index >= 15 is 0 Å². The molecule has 0 aromatic heterocycles. The standard InChI is InChI=1S/C14H21N3O3S/c1-9-5-6-12(11-4-3-7-16-14(9)11)21(19,20)17-10(2)8-13(15)18/h5-6,10,16-17H,3-4,7-8H2,1-2H3,(H2,15,18).